The summed E-state index contributed by atoms with van der Waals surface area (Å²) in [7, 11) is 3.12. The Morgan fingerprint density at radius 3 is 2.58 bits per heavy atom. The minimum Gasteiger partial charge on any atom is -0.493 e. The maximum absolute atomic E-state index is 12.4. The van der Waals surface area contributed by atoms with Crippen molar-refractivity contribution < 1.29 is 19.1 Å². The summed E-state index contributed by atoms with van der Waals surface area (Å²) in [4.78, 5) is 26.5. The molecule has 1 fully saturated rings. The first-order valence-corrected chi connectivity index (χ1v) is 8.41. The van der Waals surface area contributed by atoms with Crippen molar-refractivity contribution in [1.29, 1.82) is 0 Å². The number of hydrogen-bond donors (Lipinski definition) is 1. The number of carbonyl (C=O) groups excluding carboxylic acids is 2. The molecular formula is C20H22N2O4. The van der Waals surface area contributed by atoms with Crippen LogP contribution in [-0.4, -0.2) is 38.6 Å². The average Bonchev–Trinajstić information content (AvgIpc) is 3.01. The molecule has 0 bridgehead atoms. The lowest BCUT2D eigenvalue weighted by Crippen LogP contribution is -2.37. The average molecular weight is 354 g/mol. The Labute approximate surface area is 152 Å². The lowest BCUT2D eigenvalue weighted by atomic mass is 10.1. The fourth-order valence-electron chi connectivity index (χ4n) is 3.10. The first kappa shape index (κ1) is 17.8. The Balaban J connectivity index is 1.72. The van der Waals surface area contributed by atoms with Gasteiger partial charge in [-0.15, -0.1) is 0 Å². The topological polar surface area (TPSA) is 67.9 Å². The number of hydrogen-bond acceptors (Lipinski definition) is 4. The maximum atomic E-state index is 12.4. The molecule has 1 N–H and O–H groups in total. The second kappa shape index (κ2) is 7.47. The number of aryl methyl sites for hydroxylation is 1. The fourth-order valence-corrected chi connectivity index (χ4v) is 3.10. The summed E-state index contributed by atoms with van der Waals surface area (Å²) in [6.45, 7) is 2.36. The summed E-state index contributed by atoms with van der Waals surface area (Å²) in [5.74, 6) is 0.963. The Hall–Kier alpha value is -3.02. The molecule has 0 saturated carbocycles. The van der Waals surface area contributed by atoms with Crippen LogP contribution in [0.1, 0.15) is 22.3 Å². The summed E-state index contributed by atoms with van der Waals surface area (Å²) >= 11 is 0. The van der Waals surface area contributed by atoms with E-state index in [9.17, 15) is 9.59 Å². The molecule has 1 aliphatic heterocycles. The van der Waals surface area contributed by atoms with Crippen LogP contribution in [0.4, 0.5) is 5.69 Å². The van der Waals surface area contributed by atoms with E-state index >= 15 is 0 Å². The van der Waals surface area contributed by atoms with E-state index in [1.54, 1.807) is 37.3 Å². The van der Waals surface area contributed by atoms with Crippen LogP contribution in [-0.2, 0) is 4.79 Å². The van der Waals surface area contributed by atoms with Crippen molar-refractivity contribution in [2.45, 2.75) is 19.4 Å². The molecule has 1 aliphatic rings. The van der Waals surface area contributed by atoms with E-state index in [4.69, 9.17) is 9.47 Å². The van der Waals surface area contributed by atoms with Gasteiger partial charge in [-0.25, -0.2) is 0 Å². The standard InChI is InChI=1S/C20H22N2O4/c1-13-5-4-6-14(9-13)20(24)21-15-10-19(23)22(12-15)16-7-8-17(25-2)18(11-16)26-3/h4-9,11,15H,10,12H2,1-3H3,(H,21,24). The highest BCUT2D eigenvalue weighted by atomic mass is 16.5. The van der Waals surface area contributed by atoms with Crippen molar-refractivity contribution in [2.75, 3.05) is 25.7 Å². The van der Waals surface area contributed by atoms with Crippen molar-refractivity contribution >= 4 is 17.5 Å². The van der Waals surface area contributed by atoms with Gasteiger partial charge in [0.05, 0.1) is 20.3 Å². The number of nitrogens with one attached hydrogen (secondary N) is 1. The third kappa shape index (κ3) is 3.64. The second-order valence-electron chi connectivity index (χ2n) is 6.29. The quantitative estimate of drug-likeness (QED) is 0.896. The monoisotopic (exact) mass is 354 g/mol. The number of nitrogens with zero attached hydrogens (tertiary/aromatic N) is 1. The van der Waals surface area contributed by atoms with Crippen LogP contribution in [0.3, 0.4) is 0 Å². The molecule has 0 aliphatic carbocycles. The van der Waals surface area contributed by atoms with Crippen LogP contribution >= 0.6 is 0 Å². The van der Waals surface area contributed by atoms with Crippen molar-refractivity contribution in [3.8, 4) is 11.5 Å². The molecule has 2 amide bonds. The van der Waals surface area contributed by atoms with Crippen LogP contribution in [0.25, 0.3) is 0 Å². The lowest BCUT2D eigenvalue weighted by Gasteiger charge is -2.19. The summed E-state index contributed by atoms with van der Waals surface area (Å²) in [5.41, 5.74) is 2.34. The summed E-state index contributed by atoms with van der Waals surface area (Å²) < 4.78 is 10.5. The molecule has 2 aromatic carbocycles. The number of carbonyl (C=O) groups is 2. The molecule has 3 rings (SSSR count). The number of methoxy groups -OCH3 is 2. The molecule has 136 valence electrons. The molecule has 0 aromatic heterocycles. The van der Waals surface area contributed by atoms with Gasteiger partial charge in [0.25, 0.3) is 5.91 Å². The highest BCUT2D eigenvalue weighted by Crippen LogP contribution is 2.33. The molecule has 0 spiro atoms. The third-order valence-electron chi connectivity index (χ3n) is 4.42. The normalized spacial score (nSPS) is 16.5. The van der Waals surface area contributed by atoms with Gasteiger partial charge in [-0.05, 0) is 31.2 Å². The number of rotatable bonds is 5. The largest absolute Gasteiger partial charge is 0.493 e. The van der Waals surface area contributed by atoms with E-state index < -0.39 is 0 Å². The Morgan fingerprint density at radius 1 is 1.12 bits per heavy atom. The van der Waals surface area contributed by atoms with Gasteiger partial charge in [0.15, 0.2) is 11.5 Å². The summed E-state index contributed by atoms with van der Waals surface area (Å²) in [6, 6.07) is 12.5. The van der Waals surface area contributed by atoms with Crippen molar-refractivity contribution in [3.63, 3.8) is 0 Å². The maximum Gasteiger partial charge on any atom is 0.251 e. The molecule has 6 heteroatoms. The Morgan fingerprint density at radius 2 is 1.88 bits per heavy atom. The van der Waals surface area contributed by atoms with Gasteiger partial charge in [-0.1, -0.05) is 17.7 Å². The molecule has 1 saturated heterocycles. The molecule has 1 unspecified atom stereocenters. The summed E-state index contributed by atoms with van der Waals surface area (Å²) in [5, 5.41) is 2.95. The Kier molecular flexibility index (Phi) is 5.11. The number of amides is 2. The summed E-state index contributed by atoms with van der Waals surface area (Å²) in [6.07, 6.45) is 0.270. The zero-order chi connectivity index (χ0) is 18.7. The highest BCUT2D eigenvalue weighted by Gasteiger charge is 2.32. The molecule has 2 aromatic rings. The van der Waals surface area contributed by atoms with E-state index in [1.165, 1.54) is 0 Å². The highest BCUT2D eigenvalue weighted by molar-refractivity contribution is 5.99. The van der Waals surface area contributed by atoms with Gasteiger partial charge < -0.3 is 19.7 Å². The Bertz CT molecular complexity index is 834. The number of benzene rings is 2. The second-order valence-corrected chi connectivity index (χ2v) is 6.29. The number of ether oxygens (including phenoxy) is 2. The molecule has 26 heavy (non-hydrogen) atoms. The van der Waals surface area contributed by atoms with Crippen LogP contribution < -0.4 is 19.7 Å². The molecule has 1 atom stereocenters. The van der Waals surface area contributed by atoms with E-state index in [1.807, 2.05) is 31.2 Å². The van der Waals surface area contributed by atoms with Gasteiger partial charge in [-0.3, -0.25) is 9.59 Å². The van der Waals surface area contributed by atoms with E-state index in [0.29, 0.717) is 23.6 Å². The van der Waals surface area contributed by atoms with Crippen molar-refractivity contribution in [3.05, 3.63) is 53.6 Å². The van der Waals surface area contributed by atoms with Gasteiger partial charge in [0, 0.05) is 30.3 Å². The minimum atomic E-state index is -0.233. The third-order valence-corrected chi connectivity index (χ3v) is 4.42. The molecule has 0 radical (unpaired) electrons. The minimum absolute atomic E-state index is 0.0354. The number of anilines is 1. The first-order chi connectivity index (χ1) is 12.5. The molecule has 1 heterocycles. The van der Waals surface area contributed by atoms with Crippen molar-refractivity contribution in [1.82, 2.24) is 5.32 Å². The smallest absolute Gasteiger partial charge is 0.251 e. The predicted molar refractivity (Wildman–Crippen MR) is 98.9 cm³/mol. The van der Waals surface area contributed by atoms with Gasteiger partial charge >= 0.3 is 0 Å². The van der Waals surface area contributed by atoms with Gasteiger partial charge in [0.1, 0.15) is 0 Å². The SMILES string of the molecule is COc1ccc(N2CC(NC(=O)c3cccc(C)c3)CC2=O)cc1OC. The van der Waals surface area contributed by atoms with Gasteiger partial charge in [0.2, 0.25) is 5.91 Å². The van der Waals surface area contributed by atoms with Crippen LogP contribution in [0.5, 0.6) is 11.5 Å². The first-order valence-electron chi connectivity index (χ1n) is 8.41. The lowest BCUT2D eigenvalue weighted by molar-refractivity contribution is -0.117. The van der Waals surface area contributed by atoms with Crippen LogP contribution in [0.15, 0.2) is 42.5 Å². The van der Waals surface area contributed by atoms with E-state index in [-0.39, 0.29) is 24.3 Å². The predicted octanol–water partition coefficient (Wildman–Crippen LogP) is 2.55. The zero-order valence-corrected chi connectivity index (χ0v) is 15.1. The van der Waals surface area contributed by atoms with Crippen molar-refractivity contribution in [2.24, 2.45) is 0 Å². The molecular weight excluding hydrogens is 332 g/mol. The van der Waals surface area contributed by atoms with Crippen LogP contribution in [0.2, 0.25) is 0 Å². The molecule has 6 nitrogen and oxygen atoms in total. The van der Waals surface area contributed by atoms with Gasteiger partial charge in [-0.2, -0.15) is 0 Å². The fraction of sp³-hybridized carbons (Fsp3) is 0.300. The van der Waals surface area contributed by atoms with Crippen LogP contribution in [0, 0.1) is 6.92 Å². The van der Waals surface area contributed by atoms with E-state index in [2.05, 4.69) is 5.32 Å². The van der Waals surface area contributed by atoms with E-state index in [0.717, 1.165) is 11.3 Å². The zero-order valence-electron chi connectivity index (χ0n) is 15.1.